The van der Waals surface area contributed by atoms with Gasteiger partial charge in [-0.15, -0.1) is 0 Å². The summed E-state index contributed by atoms with van der Waals surface area (Å²) in [7, 11) is 0. The van der Waals surface area contributed by atoms with Gasteiger partial charge in [0, 0.05) is 13.1 Å². The summed E-state index contributed by atoms with van der Waals surface area (Å²) in [6.45, 7) is 4.77. The second-order valence-electron chi connectivity index (χ2n) is 8.21. The van der Waals surface area contributed by atoms with Gasteiger partial charge in [0.05, 0.1) is 6.04 Å². The Bertz CT molecular complexity index is 1050. The molecular formula is C26H29N3O2. The lowest BCUT2D eigenvalue weighted by atomic mass is 9.97. The first-order valence-corrected chi connectivity index (χ1v) is 10.9. The van der Waals surface area contributed by atoms with Crippen LogP contribution in [0.15, 0.2) is 66.7 Å². The van der Waals surface area contributed by atoms with Crippen LogP contribution >= 0.6 is 0 Å². The lowest BCUT2D eigenvalue weighted by molar-refractivity contribution is -0.139. The largest absolute Gasteiger partial charge is 0.346 e. The lowest BCUT2D eigenvalue weighted by Gasteiger charge is -2.29. The number of amides is 2. The van der Waals surface area contributed by atoms with Gasteiger partial charge in [-0.25, -0.2) is 0 Å². The van der Waals surface area contributed by atoms with Crippen LogP contribution in [-0.4, -0.2) is 36.3 Å². The molecule has 2 N–H and O–H groups in total. The maximum absolute atomic E-state index is 12.5. The predicted octanol–water partition coefficient (Wildman–Crippen LogP) is 3.72. The zero-order valence-corrected chi connectivity index (χ0v) is 17.9. The third kappa shape index (κ3) is 5.12. The van der Waals surface area contributed by atoms with Gasteiger partial charge in [-0.05, 0) is 54.8 Å². The lowest BCUT2D eigenvalue weighted by Crippen LogP contribution is -2.43. The summed E-state index contributed by atoms with van der Waals surface area (Å²) in [5, 5.41) is 7.97. The maximum Gasteiger partial charge on any atom is 0.309 e. The highest BCUT2D eigenvalue weighted by atomic mass is 16.2. The summed E-state index contributed by atoms with van der Waals surface area (Å²) in [5.41, 5.74) is 3.33. The summed E-state index contributed by atoms with van der Waals surface area (Å²) in [6, 6.07) is 22.6. The summed E-state index contributed by atoms with van der Waals surface area (Å²) in [5.74, 6) is -1.18. The smallest absolute Gasteiger partial charge is 0.309 e. The van der Waals surface area contributed by atoms with E-state index in [0.717, 1.165) is 37.1 Å². The quantitative estimate of drug-likeness (QED) is 0.603. The Kier molecular flexibility index (Phi) is 6.63. The third-order valence-corrected chi connectivity index (χ3v) is 6.00. The third-order valence-electron chi connectivity index (χ3n) is 6.00. The van der Waals surface area contributed by atoms with E-state index >= 15 is 0 Å². The Hall–Kier alpha value is -3.18. The Morgan fingerprint density at radius 1 is 0.871 bits per heavy atom. The van der Waals surface area contributed by atoms with Crippen molar-refractivity contribution < 1.29 is 9.59 Å². The van der Waals surface area contributed by atoms with Crippen molar-refractivity contribution in [1.82, 2.24) is 15.5 Å². The Morgan fingerprint density at radius 2 is 1.55 bits per heavy atom. The number of fused-ring (bicyclic) bond motifs is 1. The van der Waals surface area contributed by atoms with Gasteiger partial charge in [0.15, 0.2) is 0 Å². The van der Waals surface area contributed by atoms with E-state index in [4.69, 9.17) is 0 Å². The number of benzene rings is 3. The van der Waals surface area contributed by atoms with E-state index in [2.05, 4.69) is 45.9 Å². The number of hydrogen-bond donors (Lipinski definition) is 2. The van der Waals surface area contributed by atoms with E-state index in [1.54, 1.807) is 0 Å². The summed E-state index contributed by atoms with van der Waals surface area (Å²) in [4.78, 5) is 27.2. The molecule has 1 aliphatic rings. The highest BCUT2D eigenvalue weighted by Gasteiger charge is 2.26. The molecule has 5 heteroatoms. The van der Waals surface area contributed by atoms with Gasteiger partial charge in [0.1, 0.15) is 0 Å². The molecule has 4 rings (SSSR count). The Morgan fingerprint density at radius 3 is 2.32 bits per heavy atom. The van der Waals surface area contributed by atoms with Crippen LogP contribution in [0, 0.1) is 6.92 Å². The molecule has 0 saturated carbocycles. The molecular weight excluding hydrogens is 386 g/mol. The molecule has 160 valence electrons. The van der Waals surface area contributed by atoms with Crippen LogP contribution < -0.4 is 10.6 Å². The summed E-state index contributed by atoms with van der Waals surface area (Å²) >= 11 is 0. The number of rotatable bonds is 6. The van der Waals surface area contributed by atoms with Gasteiger partial charge < -0.3 is 10.6 Å². The molecule has 1 fully saturated rings. The minimum Gasteiger partial charge on any atom is -0.346 e. The van der Waals surface area contributed by atoms with Gasteiger partial charge >= 0.3 is 11.8 Å². The van der Waals surface area contributed by atoms with Crippen molar-refractivity contribution in [2.24, 2.45) is 0 Å². The molecule has 0 radical (unpaired) electrons. The fourth-order valence-electron chi connectivity index (χ4n) is 4.27. The van der Waals surface area contributed by atoms with Gasteiger partial charge in [0.25, 0.3) is 0 Å². The van der Waals surface area contributed by atoms with E-state index in [-0.39, 0.29) is 6.04 Å². The second kappa shape index (κ2) is 9.75. The number of likely N-dealkylation sites (tertiary alicyclic amines) is 1. The Balaban J connectivity index is 1.43. The van der Waals surface area contributed by atoms with Gasteiger partial charge in [-0.3, -0.25) is 14.5 Å². The molecule has 1 aliphatic heterocycles. The normalized spacial score (nSPS) is 15.0. The molecule has 0 spiro atoms. The first-order chi connectivity index (χ1) is 15.1. The highest BCUT2D eigenvalue weighted by molar-refractivity contribution is 6.35. The van der Waals surface area contributed by atoms with Crippen molar-refractivity contribution in [2.45, 2.75) is 32.4 Å². The number of hydrogen-bond acceptors (Lipinski definition) is 3. The van der Waals surface area contributed by atoms with Crippen molar-refractivity contribution in [3.63, 3.8) is 0 Å². The van der Waals surface area contributed by atoms with E-state index in [9.17, 15) is 9.59 Å². The molecule has 1 heterocycles. The second-order valence-corrected chi connectivity index (χ2v) is 8.21. The molecule has 1 saturated heterocycles. The van der Waals surface area contributed by atoms with Crippen LogP contribution in [0.3, 0.4) is 0 Å². The minimum absolute atomic E-state index is 0.0439. The van der Waals surface area contributed by atoms with Crippen LogP contribution in [0.4, 0.5) is 0 Å². The van der Waals surface area contributed by atoms with E-state index in [0.29, 0.717) is 13.1 Å². The van der Waals surface area contributed by atoms with Crippen LogP contribution in [-0.2, 0) is 16.1 Å². The topological polar surface area (TPSA) is 61.4 Å². The average molecular weight is 416 g/mol. The van der Waals surface area contributed by atoms with Crippen molar-refractivity contribution in [2.75, 3.05) is 19.6 Å². The van der Waals surface area contributed by atoms with Crippen LogP contribution in [0.25, 0.3) is 10.8 Å². The van der Waals surface area contributed by atoms with Gasteiger partial charge in [-0.2, -0.15) is 0 Å². The predicted molar refractivity (Wildman–Crippen MR) is 124 cm³/mol. The van der Waals surface area contributed by atoms with E-state index in [1.165, 1.54) is 16.3 Å². The molecule has 0 bridgehead atoms. The number of nitrogens with zero attached hydrogens (tertiary/aromatic N) is 1. The fraction of sp³-hybridized carbons (Fsp3) is 0.308. The van der Waals surface area contributed by atoms with Crippen molar-refractivity contribution in [3.8, 4) is 0 Å². The number of carbonyl (C=O) groups excluding carboxylic acids is 2. The molecule has 0 aromatic heterocycles. The minimum atomic E-state index is -0.598. The number of aryl methyl sites for hydroxylation is 1. The molecule has 5 nitrogen and oxygen atoms in total. The van der Waals surface area contributed by atoms with Crippen LogP contribution in [0.5, 0.6) is 0 Å². The molecule has 0 aliphatic carbocycles. The zero-order valence-electron chi connectivity index (χ0n) is 17.9. The van der Waals surface area contributed by atoms with E-state index < -0.39 is 11.8 Å². The first-order valence-electron chi connectivity index (χ1n) is 10.9. The van der Waals surface area contributed by atoms with Crippen molar-refractivity contribution in [3.05, 3.63) is 83.4 Å². The maximum atomic E-state index is 12.5. The summed E-state index contributed by atoms with van der Waals surface area (Å²) in [6.07, 6.45) is 2.32. The van der Waals surface area contributed by atoms with Gasteiger partial charge in [0.2, 0.25) is 0 Å². The summed E-state index contributed by atoms with van der Waals surface area (Å²) < 4.78 is 0. The number of nitrogens with one attached hydrogen (secondary N) is 2. The molecule has 3 aromatic rings. The molecule has 3 aromatic carbocycles. The first kappa shape index (κ1) is 21.1. The Labute approximate surface area is 183 Å². The molecule has 2 amide bonds. The molecule has 31 heavy (non-hydrogen) atoms. The number of carbonyl (C=O) groups is 2. The van der Waals surface area contributed by atoms with Crippen LogP contribution in [0.1, 0.15) is 35.6 Å². The fourth-order valence-corrected chi connectivity index (χ4v) is 4.27. The average Bonchev–Trinajstić information content (AvgIpc) is 3.33. The van der Waals surface area contributed by atoms with E-state index in [1.807, 2.05) is 43.3 Å². The van der Waals surface area contributed by atoms with Crippen molar-refractivity contribution in [1.29, 1.82) is 0 Å². The molecule has 0 unspecified atom stereocenters. The zero-order chi connectivity index (χ0) is 21.6. The highest BCUT2D eigenvalue weighted by Crippen LogP contribution is 2.30. The molecule has 1 atom stereocenters. The monoisotopic (exact) mass is 415 g/mol. The van der Waals surface area contributed by atoms with Crippen LogP contribution in [0.2, 0.25) is 0 Å². The van der Waals surface area contributed by atoms with Gasteiger partial charge in [-0.1, -0.05) is 72.3 Å². The SMILES string of the molecule is Cc1ccc(CNC(=O)C(=O)NC[C@@H](c2cccc3ccccc23)N2CCCC2)cc1. The van der Waals surface area contributed by atoms with Crippen molar-refractivity contribution >= 4 is 22.6 Å². The standard InChI is InChI=1S/C26H29N3O2/c1-19-11-13-20(14-12-19)17-27-25(30)26(31)28-18-24(29-15-4-5-16-29)23-10-6-8-21-7-2-3-9-22(21)23/h2-3,6-14,24H,4-5,15-18H2,1H3,(H,27,30)(H,28,31)/t24-/m0/s1.